The molecule has 0 spiro atoms. The maximum atomic E-state index is 13.3. The van der Waals surface area contributed by atoms with Crippen LogP contribution in [0.25, 0.3) is 12.2 Å². The zero-order chi connectivity index (χ0) is 18.3. The van der Waals surface area contributed by atoms with Gasteiger partial charge in [0.15, 0.2) is 5.78 Å². The van der Waals surface area contributed by atoms with Crippen molar-refractivity contribution < 1.29 is 4.79 Å². The van der Waals surface area contributed by atoms with Crippen molar-refractivity contribution in [2.75, 3.05) is 7.05 Å². The number of nitrogens with zero attached hydrogens (tertiary/aromatic N) is 1. The number of piperidine rings is 1. The number of ketones is 1. The number of Topliss-reactive ketones (excluding diaryl/α,β-unsaturated/α-hetero) is 1. The molecule has 0 amide bonds. The van der Waals surface area contributed by atoms with Gasteiger partial charge in [-0.25, -0.2) is 0 Å². The maximum absolute atomic E-state index is 13.3. The summed E-state index contributed by atoms with van der Waals surface area (Å²) in [5.41, 5.74) is 3.39. The van der Waals surface area contributed by atoms with E-state index in [1.165, 1.54) is 0 Å². The highest BCUT2D eigenvalue weighted by Gasteiger charge is 2.44. The van der Waals surface area contributed by atoms with E-state index in [1.54, 1.807) is 0 Å². The summed E-state index contributed by atoms with van der Waals surface area (Å²) in [7, 11) is 2.09. The minimum Gasteiger partial charge on any atom is -0.292 e. The number of carbonyl (C=O) groups is 1. The molecule has 132 valence electrons. The largest absolute Gasteiger partial charge is 0.292 e. The molecule has 0 radical (unpaired) electrons. The highest BCUT2D eigenvalue weighted by Crippen LogP contribution is 2.41. The first-order valence-corrected chi connectivity index (χ1v) is 9.50. The number of likely N-dealkylation sites (N-methyl/N-ethyl adjacent to an activating group) is 1. The SMILES string of the molecule is CN1[C@H]2CC[C@H]1/C(=C/c1ccccc1Cl)C(=O)/C2=C\c1ccccc1Cl. The minimum absolute atomic E-state index is 0.107. The summed E-state index contributed by atoms with van der Waals surface area (Å²) in [5.74, 6) is 0.107. The number of hydrogen-bond donors (Lipinski definition) is 0. The fraction of sp³-hybridized carbons (Fsp3) is 0.227. The average Bonchev–Trinajstić information content (AvgIpc) is 2.94. The molecule has 0 aromatic heterocycles. The molecule has 2 aromatic rings. The second kappa shape index (κ2) is 7.03. The summed E-state index contributed by atoms with van der Waals surface area (Å²) in [4.78, 5) is 15.6. The molecule has 2 saturated heterocycles. The van der Waals surface area contributed by atoms with E-state index in [9.17, 15) is 4.79 Å². The Morgan fingerprint density at radius 2 is 1.27 bits per heavy atom. The zero-order valence-corrected chi connectivity index (χ0v) is 16.0. The van der Waals surface area contributed by atoms with Crippen LogP contribution in [0.1, 0.15) is 24.0 Å². The van der Waals surface area contributed by atoms with Gasteiger partial charge in [-0.3, -0.25) is 9.69 Å². The van der Waals surface area contributed by atoms with E-state index in [4.69, 9.17) is 23.2 Å². The Kier molecular flexibility index (Phi) is 4.74. The van der Waals surface area contributed by atoms with Crippen LogP contribution in [0.4, 0.5) is 0 Å². The van der Waals surface area contributed by atoms with E-state index >= 15 is 0 Å². The lowest BCUT2D eigenvalue weighted by atomic mass is 9.88. The average molecular weight is 384 g/mol. The summed E-state index contributed by atoms with van der Waals surface area (Å²) in [5, 5.41) is 1.32. The Bertz CT molecular complexity index is 858. The van der Waals surface area contributed by atoms with E-state index in [2.05, 4.69) is 11.9 Å². The summed E-state index contributed by atoms with van der Waals surface area (Å²) < 4.78 is 0. The van der Waals surface area contributed by atoms with Gasteiger partial charge in [-0.15, -0.1) is 0 Å². The molecule has 2 atom stereocenters. The second-order valence-corrected chi connectivity index (χ2v) is 7.66. The molecular formula is C22H19Cl2NO. The van der Waals surface area contributed by atoms with Crippen molar-refractivity contribution in [2.45, 2.75) is 24.9 Å². The molecule has 0 saturated carbocycles. The molecule has 26 heavy (non-hydrogen) atoms. The van der Waals surface area contributed by atoms with E-state index in [-0.39, 0.29) is 17.9 Å². The molecule has 0 N–H and O–H groups in total. The van der Waals surface area contributed by atoms with Gasteiger partial charge in [0.25, 0.3) is 0 Å². The molecular weight excluding hydrogens is 365 g/mol. The normalized spacial score (nSPS) is 26.0. The molecule has 2 fully saturated rings. The number of halogens is 2. The monoisotopic (exact) mass is 383 g/mol. The van der Waals surface area contributed by atoms with Crippen molar-refractivity contribution in [1.29, 1.82) is 0 Å². The number of rotatable bonds is 2. The van der Waals surface area contributed by atoms with E-state index in [0.717, 1.165) is 35.1 Å². The Labute approximate surface area is 163 Å². The molecule has 4 rings (SSSR count). The number of benzene rings is 2. The van der Waals surface area contributed by atoms with Gasteiger partial charge in [-0.2, -0.15) is 0 Å². The van der Waals surface area contributed by atoms with E-state index in [0.29, 0.717) is 10.0 Å². The van der Waals surface area contributed by atoms with Crippen molar-refractivity contribution >= 4 is 41.1 Å². The number of hydrogen-bond acceptors (Lipinski definition) is 2. The number of carbonyl (C=O) groups excluding carboxylic acids is 1. The van der Waals surface area contributed by atoms with Gasteiger partial charge in [0.2, 0.25) is 0 Å². The molecule has 2 nitrogen and oxygen atoms in total. The Balaban J connectivity index is 1.81. The highest BCUT2D eigenvalue weighted by molar-refractivity contribution is 6.33. The van der Waals surface area contributed by atoms with E-state index < -0.39 is 0 Å². The molecule has 2 bridgehead atoms. The third-order valence-electron chi connectivity index (χ3n) is 5.37. The summed E-state index contributed by atoms with van der Waals surface area (Å²) in [6.07, 6.45) is 5.85. The standard InChI is InChI=1S/C22H19Cl2NO/c1-25-20-10-11-21(25)17(13-15-7-3-5-9-19(15)24)22(26)16(20)12-14-6-2-4-8-18(14)23/h2-9,12-13,20-21H,10-11H2,1H3/b16-12-,17-13-/t20-,21-/m0/s1. The number of fused-ring (bicyclic) bond motifs is 2. The Hall–Kier alpha value is -1.87. The van der Waals surface area contributed by atoms with Crippen LogP contribution in [0.3, 0.4) is 0 Å². The lowest BCUT2D eigenvalue weighted by Gasteiger charge is -2.34. The Morgan fingerprint density at radius 1 is 0.846 bits per heavy atom. The van der Waals surface area contributed by atoms with E-state index in [1.807, 2.05) is 60.7 Å². The van der Waals surface area contributed by atoms with Gasteiger partial charge in [0, 0.05) is 33.3 Å². The topological polar surface area (TPSA) is 20.3 Å². The first-order valence-electron chi connectivity index (χ1n) is 8.75. The lowest BCUT2D eigenvalue weighted by Crippen LogP contribution is -2.43. The third-order valence-corrected chi connectivity index (χ3v) is 6.06. The molecule has 2 aromatic carbocycles. The van der Waals surface area contributed by atoms with Crippen LogP contribution < -0.4 is 0 Å². The van der Waals surface area contributed by atoms with Gasteiger partial charge >= 0.3 is 0 Å². The van der Waals surface area contributed by atoms with Gasteiger partial charge in [-0.05, 0) is 55.3 Å². The van der Waals surface area contributed by atoms with Gasteiger partial charge in [0.05, 0.1) is 0 Å². The van der Waals surface area contributed by atoms with Crippen molar-refractivity contribution in [1.82, 2.24) is 4.90 Å². The van der Waals surface area contributed by atoms with Crippen LogP contribution in [0, 0.1) is 0 Å². The Morgan fingerprint density at radius 3 is 1.69 bits per heavy atom. The molecule has 2 aliphatic rings. The van der Waals surface area contributed by atoms with Crippen LogP contribution in [0.5, 0.6) is 0 Å². The first kappa shape index (κ1) is 17.5. The van der Waals surface area contributed by atoms with Crippen LogP contribution in [-0.2, 0) is 4.79 Å². The predicted octanol–water partition coefficient (Wildman–Crippen LogP) is 5.51. The molecule has 2 heterocycles. The molecule has 0 aliphatic carbocycles. The van der Waals surface area contributed by atoms with Crippen molar-refractivity contribution in [2.24, 2.45) is 0 Å². The fourth-order valence-corrected chi connectivity index (χ4v) is 4.38. The summed E-state index contributed by atoms with van der Waals surface area (Å²) >= 11 is 12.6. The smallest absolute Gasteiger partial charge is 0.188 e. The van der Waals surface area contributed by atoms with Gasteiger partial charge in [0.1, 0.15) is 0 Å². The van der Waals surface area contributed by atoms with Crippen LogP contribution >= 0.6 is 23.2 Å². The maximum Gasteiger partial charge on any atom is 0.188 e. The van der Waals surface area contributed by atoms with Crippen LogP contribution in [0.15, 0.2) is 59.7 Å². The predicted molar refractivity (Wildman–Crippen MR) is 108 cm³/mol. The lowest BCUT2D eigenvalue weighted by molar-refractivity contribution is -0.114. The minimum atomic E-state index is 0.107. The second-order valence-electron chi connectivity index (χ2n) is 6.85. The van der Waals surface area contributed by atoms with Crippen LogP contribution in [0.2, 0.25) is 10.0 Å². The van der Waals surface area contributed by atoms with Gasteiger partial charge in [-0.1, -0.05) is 59.6 Å². The molecule has 2 aliphatic heterocycles. The summed E-state index contributed by atoms with van der Waals surface area (Å²) in [6.45, 7) is 0. The van der Waals surface area contributed by atoms with Crippen molar-refractivity contribution in [3.05, 3.63) is 80.8 Å². The van der Waals surface area contributed by atoms with Crippen LogP contribution in [-0.4, -0.2) is 29.8 Å². The molecule has 4 heteroatoms. The zero-order valence-electron chi connectivity index (χ0n) is 14.5. The molecule has 0 unspecified atom stereocenters. The highest BCUT2D eigenvalue weighted by atomic mass is 35.5. The van der Waals surface area contributed by atoms with Gasteiger partial charge < -0.3 is 0 Å². The van der Waals surface area contributed by atoms with Crippen molar-refractivity contribution in [3.63, 3.8) is 0 Å². The third kappa shape index (κ3) is 3.03. The first-order chi connectivity index (χ1) is 12.6. The van der Waals surface area contributed by atoms with Crippen molar-refractivity contribution in [3.8, 4) is 0 Å². The quantitative estimate of drug-likeness (QED) is 0.637. The summed E-state index contributed by atoms with van der Waals surface area (Å²) in [6, 6.07) is 15.6. The fourth-order valence-electron chi connectivity index (χ4n) is 4.00.